The number of thiazole rings is 1. The van der Waals surface area contributed by atoms with E-state index in [0.717, 1.165) is 5.01 Å². The largest absolute Gasteiger partial charge is 0.322 e. The molecule has 0 saturated heterocycles. The first-order chi connectivity index (χ1) is 5.74. The molecule has 1 atom stereocenters. The summed E-state index contributed by atoms with van der Waals surface area (Å²) in [5, 5.41) is 2.71. The second kappa shape index (κ2) is 4.33. The van der Waals surface area contributed by atoms with Crippen LogP contribution in [0.4, 0.5) is 0 Å². The van der Waals surface area contributed by atoms with Crippen LogP contribution in [0.1, 0.15) is 18.4 Å². The number of hydrogen-bond acceptors (Lipinski definition) is 4. The van der Waals surface area contributed by atoms with Gasteiger partial charge in [-0.25, -0.2) is 4.98 Å². The lowest BCUT2D eigenvalue weighted by Crippen LogP contribution is -2.30. The molecule has 0 amide bonds. The molecule has 0 saturated carbocycles. The summed E-state index contributed by atoms with van der Waals surface area (Å²) in [4.78, 5) is 15.3. The summed E-state index contributed by atoms with van der Waals surface area (Å²) in [5.41, 5.74) is 5.56. The normalized spacial score (nSPS) is 12.8. The third-order valence-corrected chi connectivity index (χ3v) is 2.44. The molecule has 1 aromatic heterocycles. The quantitative estimate of drug-likeness (QED) is 0.759. The highest BCUT2D eigenvalue weighted by Crippen LogP contribution is 2.06. The molecule has 0 aliphatic heterocycles. The summed E-state index contributed by atoms with van der Waals surface area (Å²) >= 11 is 1.49. The molecule has 0 aliphatic rings. The number of nitrogens with two attached hydrogens (primary N) is 1. The van der Waals surface area contributed by atoms with Gasteiger partial charge in [0.15, 0.2) is 5.78 Å². The minimum absolute atomic E-state index is 0.0763. The van der Waals surface area contributed by atoms with Crippen LogP contribution < -0.4 is 5.73 Å². The predicted molar refractivity (Wildman–Crippen MR) is 49.1 cm³/mol. The van der Waals surface area contributed by atoms with Gasteiger partial charge in [0.05, 0.1) is 17.5 Å². The van der Waals surface area contributed by atoms with Crippen LogP contribution in [0.2, 0.25) is 0 Å². The molecule has 2 N–H and O–H groups in total. The Morgan fingerprint density at radius 2 is 2.58 bits per heavy atom. The van der Waals surface area contributed by atoms with Gasteiger partial charge in [-0.15, -0.1) is 11.3 Å². The molecule has 66 valence electrons. The van der Waals surface area contributed by atoms with Crippen LogP contribution in [0.5, 0.6) is 0 Å². The van der Waals surface area contributed by atoms with Gasteiger partial charge in [0.25, 0.3) is 0 Å². The average Bonchev–Trinajstić information content (AvgIpc) is 2.55. The molecule has 0 fully saturated rings. The monoisotopic (exact) mass is 184 g/mol. The summed E-state index contributed by atoms with van der Waals surface area (Å²) in [5.74, 6) is 0.0763. The maximum Gasteiger partial charge on any atom is 0.156 e. The molecule has 1 unspecified atom stereocenters. The first-order valence-corrected chi connectivity index (χ1v) is 4.78. The molecule has 0 bridgehead atoms. The third kappa shape index (κ3) is 2.39. The van der Waals surface area contributed by atoms with Crippen molar-refractivity contribution in [1.29, 1.82) is 0 Å². The van der Waals surface area contributed by atoms with Crippen molar-refractivity contribution in [2.24, 2.45) is 5.73 Å². The number of aromatic nitrogens is 1. The van der Waals surface area contributed by atoms with Gasteiger partial charge in [-0.2, -0.15) is 0 Å². The molecule has 3 nitrogen and oxygen atoms in total. The Kier molecular flexibility index (Phi) is 3.37. The molecule has 0 radical (unpaired) electrons. The van der Waals surface area contributed by atoms with E-state index in [1.54, 1.807) is 6.20 Å². The fourth-order valence-corrected chi connectivity index (χ4v) is 1.47. The maximum atomic E-state index is 11.3. The van der Waals surface area contributed by atoms with Gasteiger partial charge in [0, 0.05) is 11.6 Å². The third-order valence-electron chi connectivity index (χ3n) is 1.66. The Morgan fingerprint density at radius 1 is 1.83 bits per heavy atom. The smallest absolute Gasteiger partial charge is 0.156 e. The van der Waals surface area contributed by atoms with E-state index in [1.165, 1.54) is 11.3 Å². The minimum atomic E-state index is -0.325. The Balaban J connectivity index is 2.47. The zero-order chi connectivity index (χ0) is 8.97. The molecule has 0 aromatic carbocycles. The van der Waals surface area contributed by atoms with E-state index in [-0.39, 0.29) is 11.8 Å². The maximum absolute atomic E-state index is 11.3. The molecule has 1 aromatic rings. The van der Waals surface area contributed by atoms with Crippen LogP contribution in [0, 0.1) is 0 Å². The lowest BCUT2D eigenvalue weighted by molar-refractivity contribution is -0.119. The van der Waals surface area contributed by atoms with Gasteiger partial charge in [-0.1, -0.05) is 6.92 Å². The highest BCUT2D eigenvalue weighted by atomic mass is 32.1. The van der Waals surface area contributed by atoms with Crippen LogP contribution in [0.3, 0.4) is 0 Å². The Morgan fingerprint density at radius 3 is 3.08 bits per heavy atom. The molecule has 12 heavy (non-hydrogen) atoms. The van der Waals surface area contributed by atoms with E-state index in [9.17, 15) is 4.79 Å². The summed E-state index contributed by atoms with van der Waals surface area (Å²) in [7, 11) is 0. The molecular weight excluding hydrogens is 172 g/mol. The number of hydrogen-bond donors (Lipinski definition) is 1. The number of nitrogens with zero attached hydrogens (tertiary/aromatic N) is 1. The van der Waals surface area contributed by atoms with Crippen LogP contribution in [-0.2, 0) is 11.2 Å². The van der Waals surface area contributed by atoms with E-state index < -0.39 is 0 Å². The van der Waals surface area contributed by atoms with Crippen LogP contribution >= 0.6 is 11.3 Å². The Bertz CT molecular complexity index is 246. The summed E-state index contributed by atoms with van der Waals surface area (Å²) in [6.45, 7) is 1.91. The van der Waals surface area contributed by atoms with E-state index in [4.69, 9.17) is 5.73 Å². The van der Waals surface area contributed by atoms with Crippen LogP contribution in [0.15, 0.2) is 11.6 Å². The summed E-state index contributed by atoms with van der Waals surface area (Å²) in [6, 6.07) is -0.325. The van der Waals surface area contributed by atoms with Crippen molar-refractivity contribution in [1.82, 2.24) is 4.98 Å². The number of Topliss-reactive ketones (excluding diaryl/α,β-unsaturated/α-hetero) is 1. The first-order valence-electron chi connectivity index (χ1n) is 3.90. The van der Waals surface area contributed by atoms with E-state index in [1.807, 2.05) is 12.3 Å². The minimum Gasteiger partial charge on any atom is -0.322 e. The topological polar surface area (TPSA) is 56.0 Å². The van der Waals surface area contributed by atoms with Gasteiger partial charge in [0.2, 0.25) is 0 Å². The van der Waals surface area contributed by atoms with Crippen molar-refractivity contribution in [3.8, 4) is 0 Å². The van der Waals surface area contributed by atoms with Crippen molar-refractivity contribution in [3.63, 3.8) is 0 Å². The number of carbonyl (C=O) groups excluding carboxylic acids is 1. The number of rotatable bonds is 4. The SMILES string of the molecule is CCC(N)C(=O)Cc1nccs1. The van der Waals surface area contributed by atoms with Crippen molar-refractivity contribution >= 4 is 17.1 Å². The fourth-order valence-electron chi connectivity index (χ4n) is 0.848. The molecule has 0 aliphatic carbocycles. The molecule has 0 spiro atoms. The molecule has 4 heteroatoms. The van der Waals surface area contributed by atoms with Gasteiger partial charge >= 0.3 is 0 Å². The number of carbonyl (C=O) groups is 1. The second-order valence-corrected chi connectivity index (χ2v) is 3.56. The van der Waals surface area contributed by atoms with E-state index in [2.05, 4.69) is 4.98 Å². The average molecular weight is 184 g/mol. The van der Waals surface area contributed by atoms with Crippen molar-refractivity contribution in [3.05, 3.63) is 16.6 Å². The number of ketones is 1. The van der Waals surface area contributed by atoms with Crippen molar-refractivity contribution in [2.45, 2.75) is 25.8 Å². The van der Waals surface area contributed by atoms with E-state index >= 15 is 0 Å². The zero-order valence-electron chi connectivity index (χ0n) is 6.99. The first kappa shape index (κ1) is 9.35. The second-order valence-electron chi connectivity index (χ2n) is 2.58. The molecular formula is C8H12N2OS. The molecule has 1 rings (SSSR count). The van der Waals surface area contributed by atoms with Crippen LogP contribution in [-0.4, -0.2) is 16.8 Å². The Labute approximate surface area is 75.6 Å². The summed E-state index contributed by atoms with van der Waals surface area (Å²) in [6.07, 6.45) is 2.78. The van der Waals surface area contributed by atoms with Gasteiger partial charge in [-0.3, -0.25) is 4.79 Å². The Hall–Kier alpha value is -0.740. The van der Waals surface area contributed by atoms with Crippen molar-refractivity contribution in [2.75, 3.05) is 0 Å². The fraction of sp³-hybridized carbons (Fsp3) is 0.500. The highest BCUT2D eigenvalue weighted by Gasteiger charge is 2.12. The van der Waals surface area contributed by atoms with Crippen LogP contribution in [0.25, 0.3) is 0 Å². The van der Waals surface area contributed by atoms with Gasteiger partial charge in [0.1, 0.15) is 0 Å². The predicted octanol–water partition coefficient (Wildman–Crippen LogP) is 0.992. The lowest BCUT2D eigenvalue weighted by Gasteiger charge is -2.04. The highest BCUT2D eigenvalue weighted by molar-refractivity contribution is 7.09. The van der Waals surface area contributed by atoms with E-state index in [0.29, 0.717) is 12.8 Å². The van der Waals surface area contributed by atoms with Crippen molar-refractivity contribution < 1.29 is 4.79 Å². The van der Waals surface area contributed by atoms with Gasteiger partial charge in [-0.05, 0) is 6.42 Å². The standard InChI is InChI=1S/C8H12N2OS/c1-2-6(9)7(11)5-8-10-3-4-12-8/h3-4,6H,2,5,9H2,1H3. The lowest BCUT2D eigenvalue weighted by atomic mass is 10.1. The molecule has 1 heterocycles. The van der Waals surface area contributed by atoms with Gasteiger partial charge < -0.3 is 5.73 Å². The summed E-state index contributed by atoms with van der Waals surface area (Å²) < 4.78 is 0. The zero-order valence-corrected chi connectivity index (χ0v) is 7.80.